The number of nitrogens with two attached hydrogens (primary N) is 1. The van der Waals surface area contributed by atoms with E-state index < -0.39 is 0 Å². The number of benzene rings is 1. The molecule has 0 heterocycles. The van der Waals surface area contributed by atoms with Crippen molar-refractivity contribution in [3.05, 3.63) is 35.1 Å². The highest BCUT2D eigenvalue weighted by molar-refractivity contribution is 7.80. The Balaban J connectivity index is 2.70. The Bertz CT molecular complexity index is 406. The summed E-state index contributed by atoms with van der Waals surface area (Å²) in [4.78, 5) is 0.201. The summed E-state index contributed by atoms with van der Waals surface area (Å²) in [5, 5.41) is 0. The van der Waals surface area contributed by atoms with Crippen molar-refractivity contribution in [2.45, 2.75) is 33.5 Å². The molecule has 1 aromatic rings. The molecular formula is C13H18FNOS. The van der Waals surface area contributed by atoms with Gasteiger partial charge in [-0.2, -0.15) is 0 Å². The van der Waals surface area contributed by atoms with E-state index in [0.29, 0.717) is 17.0 Å². The van der Waals surface area contributed by atoms with Crippen molar-refractivity contribution in [3.63, 3.8) is 0 Å². The molecule has 1 rings (SSSR count). The summed E-state index contributed by atoms with van der Waals surface area (Å²) in [6.07, 6.45) is 0.102. The largest absolute Gasteiger partial charge is 0.389 e. The minimum absolute atomic E-state index is 0.102. The molecule has 2 nitrogen and oxygen atoms in total. The SMILES string of the molecule is CC(C)C(C)OCc1ccc(C(N)=S)cc1F. The van der Waals surface area contributed by atoms with E-state index in [0.717, 1.165) is 0 Å². The van der Waals surface area contributed by atoms with Crippen LogP contribution in [0, 0.1) is 11.7 Å². The van der Waals surface area contributed by atoms with Crippen molar-refractivity contribution in [1.29, 1.82) is 0 Å². The Morgan fingerprint density at radius 2 is 2.06 bits per heavy atom. The maximum Gasteiger partial charge on any atom is 0.129 e. The van der Waals surface area contributed by atoms with Crippen molar-refractivity contribution in [3.8, 4) is 0 Å². The zero-order valence-electron chi connectivity index (χ0n) is 10.4. The fourth-order valence-corrected chi connectivity index (χ4v) is 1.36. The van der Waals surface area contributed by atoms with Gasteiger partial charge >= 0.3 is 0 Å². The van der Waals surface area contributed by atoms with Crippen LogP contribution in [0.25, 0.3) is 0 Å². The molecule has 0 radical (unpaired) electrons. The van der Waals surface area contributed by atoms with Gasteiger partial charge in [0.2, 0.25) is 0 Å². The zero-order valence-corrected chi connectivity index (χ0v) is 11.2. The lowest BCUT2D eigenvalue weighted by molar-refractivity contribution is 0.0221. The van der Waals surface area contributed by atoms with Crippen LogP contribution < -0.4 is 5.73 Å². The minimum atomic E-state index is -0.328. The molecule has 0 aliphatic carbocycles. The van der Waals surface area contributed by atoms with Gasteiger partial charge < -0.3 is 10.5 Å². The first-order valence-corrected chi connectivity index (χ1v) is 6.02. The molecule has 0 saturated carbocycles. The molecular weight excluding hydrogens is 237 g/mol. The maximum atomic E-state index is 13.7. The Morgan fingerprint density at radius 3 is 2.53 bits per heavy atom. The normalized spacial score (nSPS) is 12.8. The van der Waals surface area contributed by atoms with E-state index in [1.54, 1.807) is 12.1 Å². The monoisotopic (exact) mass is 255 g/mol. The average molecular weight is 255 g/mol. The highest BCUT2D eigenvalue weighted by Crippen LogP contribution is 2.14. The van der Waals surface area contributed by atoms with Gasteiger partial charge in [0, 0.05) is 11.1 Å². The second-order valence-corrected chi connectivity index (χ2v) is 4.87. The second-order valence-electron chi connectivity index (χ2n) is 4.43. The fraction of sp³-hybridized carbons (Fsp3) is 0.462. The summed E-state index contributed by atoms with van der Waals surface area (Å²) in [5.74, 6) is 0.0835. The van der Waals surface area contributed by atoms with E-state index in [9.17, 15) is 4.39 Å². The predicted molar refractivity (Wildman–Crippen MR) is 71.4 cm³/mol. The quantitative estimate of drug-likeness (QED) is 0.821. The lowest BCUT2D eigenvalue weighted by Crippen LogP contribution is -2.16. The average Bonchev–Trinajstić information content (AvgIpc) is 2.26. The van der Waals surface area contributed by atoms with Crippen molar-refractivity contribution in [2.75, 3.05) is 0 Å². The zero-order chi connectivity index (χ0) is 13.0. The van der Waals surface area contributed by atoms with Gasteiger partial charge in [-0.05, 0) is 18.9 Å². The van der Waals surface area contributed by atoms with Crippen LogP contribution >= 0.6 is 12.2 Å². The van der Waals surface area contributed by atoms with Crippen LogP contribution in [0.2, 0.25) is 0 Å². The molecule has 1 aromatic carbocycles. The first kappa shape index (κ1) is 14.1. The molecule has 0 aliphatic rings. The number of rotatable bonds is 5. The summed E-state index contributed by atoms with van der Waals surface area (Å²) < 4.78 is 19.2. The van der Waals surface area contributed by atoms with Crippen LogP contribution in [0.1, 0.15) is 31.9 Å². The summed E-state index contributed by atoms with van der Waals surface area (Å²) in [6.45, 7) is 6.38. The van der Waals surface area contributed by atoms with Crippen LogP contribution in [0.3, 0.4) is 0 Å². The number of thiocarbonyl (C=S) groups is 1. The lowest BCUT2D eigenvalue weighted by Gasteiger charge is -2.16. The third-order valence-corrected chi connectivity index (χ3v) is 3.01. The number of halogens is 1. The topological polar surface area (TPSA) is 35.2 Å². The number of ether oxygens (including phenoxy) is 1. The molecule has 0 aromatic heterocycles. The minimum Gasteiger partial charge on any atom is -0.389 e. The van der Waals surface area contributed by atoms with Crippen LogP contribution in [0.15, 0.2) is 18.2 Å². The van der Waals surface area contributed by atoms with Gasteiger partial charge in [-0.3, -0.25) is 0 Å². The van der Waals surface area contributed by atoms with Gasteiger partial charge in [0.15, 0.2) is 0 Å². The Morgan fingerprint density at radius 1 is 1.41 bits per heavy atom. The molecule has 1 unspecified atom stereocenters. The lowest BCUT2D eigenvalue weighted by atomic mass is 10.1. The first-order valence-electron chi connectivity index (χ1n) is 5.61. The molecule has 2 N–H and O–H groups in total. The third kappa shape index (κ3) is 4.06. The smallest absolute Gasteiger partial charge is 0.129 e. The summed E-state index contributed by atoms with van der Waals surface area (Å²) in [7, 11) is 0. The molecule has 0 spiro atoms. The summed E-state index contributed by atoms with van der Waals surface area (Å²) in [6, 6.07) is 4.72. The Labute approximate surface area is 107 Å². The number of hydrogen-bond acceptors (Lipinski definition) is 2. The fourth-order valence-electron chi connectivity index (χ4n) is 1.23. The highest BCUT2D eigenvalue weighted by atomic mass is 32.1. The van der Waals surface area contributed by atoms with Crippen molar-refractivity contribution in [1.82, 2.24) is 0 Å². The molecule has 0 aliphatic heterocycles. The van der Waals surface area contributed by atoms with E-state index in [1.807, 2.05) is 6.92 Å². The van der Waals surface area contributed by atoms with Gasteiger partial charge in [0.05, 0.1) is 12.7 Å². The molecule has 1 atom stereocenters. The van der Waals surface area contributed by atoms with Gasteiger partial charge in [-0.25, -0.2) is 4.39 Å². The summed E-state index contributed by atoms with van der Waals surface area (Å²) >= 11 is 4.79. The van der Waals surface area contributed by atoms with Gasteiger partial charge in [-0.15, -0.1) is 0 Å². The second kappa shape index (κ2) is 6.07. The van der Waals surface area contributed by atoms with Crippen LogP contribution in [0.5, 0.6) is 0 Å². The maximum absolute atomic E-state index is 13.7. The molecule has 0 amide bonds. The van der Waals surface area contributed by atoms with Crippen LogP contribution in [-0.4, -0.2) is 11.1 Å². The Kier molecular flexibility index (Phi) is 5.02. The van der Waals surface area contributed by atoms with E-state index >= 15 is 0 Å². The predicted octanol–water partition coefficient (Wildman–Crippen LogP) is 3.02. The summed E-state index contributed by atoms with van der Waals surface area (Å²) in [5.41, 5.74) is 6.49. The molecule has 4 heteroatoms. The molecule has 17 heavy (non-hydrogen) atoms. The van der Waals surface area contributed by atoms with E-state index in [1.165, 1.54) is 6.07 Å². The molecule has 94 valence electrons. The highest BCUT2D eigenvalue weighted by Gasteiger charge is 2.10. The third-order valence-electron chi connectivity index (χ3n) is 2.78. The van der Waals surface area contributed by atoms with Crippen LogP contribution in [-0.2, 0) is 11.3 Å². The standard InChI is InChI=1S/C13H18FNOS/c1-8(2)9(3)16-7-11-5-4-10(13(15)17)6-12(11)14/h4-6,8-9H,7H2,1-3H3,(H2,15,17). The van der Waals surface area contributed by atoms with Crippen molar-refractivity contribution >= 4 is 17.2 Å². The van der Waals surface area contributed by atoms with Gasteiger partial charge in [-0.1, -0.05) is 38.2 Å². The molecule has 0 bridgehead atoms. The van der Waals surface area contributed by atoms with Gasteiger partial charge in [0.1, 0.15) is 10.8 Å². The van der Waals surface area contributed by atoms with Gasteiger partial charge in [0.25, 0.3) is 0 Å². The van der Waals surface area contributed by atoms with E-state index in [-0.39, 0.29) is 23.5 Å². The first-order chi connectivity index (χ1) is 7.91. The molecule has 0 fully saturated rings. The number of hydrogen-bond donors (Lipinski definition) is 1. The van der Waals surface area contributed by atoms with E-state index in [4.69, 9.17) is 22.7 Å². The van der Waals surface area contributed by atoms with Crippen molar-refractivity contribution < 1.29 is 9.13 Å². The van der Waals surface area contributed by atoms with Crippen LogP contribution in [0.4, 0.5) is 4.39 Å². The molecule has 0 saturated heterocycles. The van der Waals surface area contributed by atoms with E-state index in [2.05, 4.69) is 13.8 Å². The van der Waals surface area contributed by atoms with Crippen molar-refractivity contribution in [2.24, 2.45) is 11.7 Å². The Hall–Kier alpha value is -1.00.